The normalized spacial score (nSPS) is 22.2. The second-order valence-corrected chi connectivity index (χ2v) is 4.30. The van der Waals surface area contributed by atoms with Crippen molar-refractivity contribution in [3.8, 4) is 0 Å². The number of hydrogen-bond donors (Lipinski definition) is 2. The Morgan fingerprint density at radius 2 is 2.14 bits per heavy atom. The molecule has 1 saturated heterocycles. The second kappa shape index (κ2) is 4.82. The van der Waals surface area contributed by atoms with E-state index in [1.807, 2.05) is 11.8 Å². The van der Waals surface area contributed by atoms with E-state index in [-0.39, 0.29) is 0 Å². The molecule has 1 atom stereocenters. The molecule has 0 unspecified atom stereocenters. The van der Waals surface area contributed by atoms with Crippen molar-refractivity contribution in [1.29, 1.82) is 0 Å². The van der Waals surface area contributed by atoms with Gasteiger partial charge >= 0.3 is 0 Å². The molecule has 0 bridgehead atoms. The number of hydrogen-bond acceptors (Lipinski definition) is 3. The first-order chi connectivity index (χ1) is 6.92. The molecule has 0 aromatic heterocycles. The van der Waals surface area contributed by atoms with Gasteiger partial charge in [-0.3, -0.25) is 0 Å². The Kier molecular flexibility index (Phi) is 3.45. The predicted molar refractivity (Wildman–Crippen MR) is 61.8 cm³/mol. The topological polar surface area (TPSA) is 24.1 Å². The van der Waals surface area contributed by atoms with E-state index in [0.29, 0.717) is 6.04 Å². The third kappa shape index (κ3) is 2.11. The summed E-state index contributed by atoms with van der Waals surface area (Å²) in [5.41, 5.74) is 1.42. The third-order valence-corrected chi connectivity index (χ3v) is 3.37. The molecule has 0 aliphatic carbocycles. The van der Waals surface area contributed by atoms with Gasteiger partial charge in [-0.2, -0.15) is 0 Å². The average molecular weight is 208 g/mol. The van der Waals surface area contributed by atoms with Crippen LogP contribution in [-0.4, -0.2) is 25.9 Å². The van der Waals surface area contributed by atoms with Crippen LogP contribution in [0.1, 0.15) is 11.6 Å². The van der Waals surface area contributed by atoms with Gasteiger partial charge in [0.05, 0.1) is 0 Å². The summed E-state index contributed by atoms with van der Waals surface area (Å²) in [7, 11) is 0. The summed E-state index contributed by atoms with van der Waals surface area (Å²) in [6.45, 7) is 3.18. The molecule has 1 fully saturated rings. The SMILES string of the molecule is CSc1ccccc1[C@H]1CNCCN1. The Balaban J connectivity index is 2.20. The van der Waals surface area contributed by atoms with Gasteiger partial charge < -0.3 is 10.6 Å². The standard InChI is InChI=1S/C11H16N2S/c1-14-11-5-3-2-4-9(11)10-8-12-6-7-13-10/h2-5,10,12-13H,6-8H2,1H3/t10-/m1/s1. The molecule has 2 rings (SSSR count). The Labute approximate surface area is 89.5 Å². The van der Waals surface area contributed by atoms with Crippen molar-refractivity contribution in [2.45, 2.75) is 10.9 Å². The van der Waals surface area contributed by atoms with Crippen LogP contribution in [0, 0.1) is 0 Å². The van der Waals surface area contributed by atoms with Gasteiger partial charge in [-0.05, 0) is 17.9 Å². The molecule has 1 heterocycles. The zero-order valence-corrected chi connectivity index (χ0v) is 9.23. The number of benzene rings is 1. The fourth-order valence-electron chi connectivity index (χ4n) is 1.83. The second-order valence-electron chi connectivity index (χ2n) is 3.45. The zero-order valence-electron chi connectivity index (χ0n) is 8.42. The number of nitrogens with one attached hydrogen (secondary N) is 2. The van der Waals surface area contributed by atoms with E-state index >= 15 is 0 Å². The van der Waals surface area contributed by atoms with Crippen LogP contribution in [0.15, 0.2) is 29.2 Å². The minimum Gasteiger partial charge on any atom is -0.314 e. The highest BCUT2D eigenvalue weighted by Crippen LogP contribution is 2.25. The maximum atomic E-state index is 3.53. The van der Waals surface area contributed by atoms with Gasteiger partial charge in [-0.25, -0.2) is 0 Å². The molecular formula is C11H16N2S. The molecule has 1 aliphatic rings. The summed E-state index contributed by atoms with van der Waals surface area (Å²) in [5, 5.41) is 6.95. The molecule has 0 amide bonds. The van der Waals surface area contributed by atoms with Crippen LogP contribution in [0.2, 0.25) is 0 Å². The quantitative estimate of drug-likeness (QED) is 0.723. The zero-order chi connectivity index (χ0) is 9.80. The van der Waals surface area contributed by atoms with Crippen LogP contribution in [0.25, 0.3) is 0 Å². The number of piperazine rings is 1. The molecular weight excluding hydrogens is 192 g/mol. The van der Waals surface area contributed by atoms with Crippen molar-refractivity contribution in [2.75, 3.05) is 25.9 Å². The van der Waals surface area contributed by atoms with Gasteiger partial charge in [0.2, 0.25) is 0 Å². The lowest BCUT2D eigenvalue weighted by molar-refractivity contribution is 0.426. The van der Waals surface area contributed by atoms with E-state index in [1.54, 1.807) is 0 Å². The Bertz CT molecular complexity index is 295. The maximum absolute atomic E-state index is 3.53. The van der Waals surface area contributed by atoms with Crippen LogP contribution >= 0.6 is 11.8 Å². The lowest BCUT2D eigenvalue weighted by Crippen LogP contribution is -2.42. The lowest BCUT2D eigenvalue weighted by atomic mass is 10.1. The Hall–Kier alpha value is -0.510. The van der Waals surface area contributed by atoms with Crippen LogP contribution < -0.4 is 10.6 Å². The summed E-state index contributed by atoms with van der Waals surface area (Å²) >= 11 is 1.82. The molecule has 1 aromatic rings. The van der Waals surface area contributed by atoms with Crippen molar-refractivity contribution in [3.63, 3.8) is 0 Å². The molecule has 76 valence electrons. The minimum absolute atomic E-state index is 0.479. The largest absolute Gasteiger partial charge is 0.314 e. The summed E-state index contributed by atoms with van der Waals surface area (Å²) in [6.07, 6.45) is 2.13. The number of rotatable bonds is 2. The Morgan fingerprint density at radius 3 is 2.86 bits per heavy atom. The van der Waals surface area contributed by atoms with Crippen molar-refractivity contribution in [2.24, 2.45) is 0 Å². The highest BCUT2D eigenvalue weighted by molar-refractivity contribution is 7.98. The first-order valence-corrected chi connectivity index (χ1v) is 6.21. The van der Waals surface area contributed by atoms with E-state index in [2.05, 4.69) is 41.2 Å². The molecule has 1 aliphatic heterocycles. The summed E-state index contributed by atoms with van der Waals surface area (Å²) in [6, 6.07) is 9.11. The molecule has 14 heavy (non-hydrogen) atoms. The van der Waals surface area contributed by atoms with Crippen LogP contribution in [-0.2, 0) is 0 Å². The van der Waals surface area contributed by atoms with Crippen molar-refractivity contribution in [3.05, 3.63) is 29.8 Å². The van der Waals surface area contributed by atoms with E-state index in [1.165, 1.54) is 10.5 Å². The monoisotopic (exact) mass is 208 g/mol. The fraction of sp³-hybridized carbons (Fsp3) is 0.455. The van der Waals surface area contributed by atoms with Crippen LogP contribution in [0.3, 0.4) is 0 Å². The molecule has 2 N–H and O–H groups in total. The number of thioether (sulfide) groups is 1. The highest BCUT2D eigenvalue weighted by Gasteiger charge is 2.16. The van der Waals surface area contributed by atoms with Crippen LogP contribution in [0.5, 0.6) is 0 Å². The first-order valence-electron chi connectivity index (χ1n) is 4.99. The van der Waals surface area contributed by atoms with E-state index in [4.69, 9.17) is 0 Å². The van der Waals surface area contributed by atoms with Gasteiger partial charge in [0.25, 0.3) is 0 Å². The van der Waals surface area contributed by atoms with E-state index < -0.39 is 0 Å². The maximum Gasteiger partial charge on any atom is 0.0458 e. The fourth-order valence-corrected chi connectivity index (χ4v) is 2.49. The van der Waals surface area contributed by atoms with E-state index in [0.717, 1.165) is 19.6 Å². The molecule has 2 nitrogen and oxygen atoms in total. The summed E-state index contributed by atoms with van der Waals surface area (Å²) in [4.78, 5) is 1.38. The molecule has 0 spiro atoms. The van der Waals surface area contributed by atoms with Gasteiger partial charge in [-0.15, -0.1) is 11.8 Å². The third-order valence-electron chi connectivity index (χ3n) is 2.56. The van der Waals surface area contributed by atoms with Crippen molar-refractivity contribution >= 4 is 11.8 Å². The molecule has 1 aromatic carbocycles. The lowest BCUT2D eigenvalue weighted by Gasteiger charge is -2.26. The van der Waals surface area contributed by atoms with Gasteiger partial charge in [0, 0.05) is 30.6 Å². The predicted octanol–water partition coefficient (Wildman–Crippen LogP) is 1.64. The minimum atomic E-state index is 0.479. The Morgan fingerprint density at radius 1 is 1.29 bits per heavy atom. The van der Waals surface area contributed by atoms with Gasteiger partial charge in [-0.1, -0.05) is 18.2 Å². The smallest absolute Gasteiger partial charge is 0.0458 e. The average Bonchev–Trinajstić information content (AvgIpc) is 2.30. The van der Waals surface area contributed by atoms with Gasteiger partial charge in [0.15, 0.2) is 0 Å². The van der Waals surface area contributed by atoms with Crippen molar-refractivity contribution < 1.29 is 0 Å². The van der Waals surface area contributed by atoms with Crippen LogP contribution in [0.4, 0.5) is 0 Å². The first kappa shape index (κ1) is 10.0. The summed E-state index contributed by atoms with van der Waals surface area (Å²) < 4.78 is 0. The summed E-state index contributed by atoms with van der Waals surface area (Å²) in [5.74, 6) is 0. The highest BCUT2D eigenvalue weighted by atomic mass is 32.2. The molecule has 0 saturated carbocycles. The molecule has 3 heteroatoms. The van der Waals surface area contributed by atoms with Gasteiger partial charge in [0.1, 0.15) is 0 Å². The van der Waals surface area contributed by atoms with Crippen molar-refractivity contribution in [1.82, 2.24) is 10.6 Å². The molecule has 0 radical (unpaired) electrons. The van der Waals surface area contributed by atoms with E-state index in [9.17, 15) is 0 Å².